The van der Waals surface area contributed by atoms with E-state index in [1.165, 1.54) is 6.20 Å². The van der Waals surface area contributed by atoms with Gasteiger partial charge in [-0.3, -0.25) is 14.8 Å². The first-order chi connectivity index (χ1) is 13.9. The van der Waals surface area contributed by atoms with E-state index in [-0.39, 0.29) is 30.8 Å². The van der Waals surface area contributed by atoms with E-state index < -0.39 is 11.7 Å². The van der Waals surface area contributed by atoms with Gasteiger partial charge >= 0.3 is 6.18 Å². The van der Waals surface area contributed by atoms with Crippen molar-refractivity contribution in [3.8, 4) is 0 Å². The lowest BCUT2D eigenvalue weighted by molar-refractivity contribution is -0.137. The van der Waals surface area contributed by atoms with E-state index in [1.807, 2.05) is 35.2 Å². The summed E-state index contributed by atoms with van der Waals surface area (Å²) in [5, 5.41) is 3.99. The van der Waals surface area contributed by atoms with Crippen molar-refractivity contribution in [1.29, 1.82) is 0 Å². The van der Waals surface area contributed by atoms with Gasteiger partial charge in [-0.1, -0.05) is 18.2 Å². The van der Waals surface area contributed by atoms with Gasteiger partial charge in [0.15, 0.2) is 0 Å². The van der Waals surface area contributed by atoms with Crippen LogP contribution in [0.15, 0.2) is 55.0 Å². The van der Waals surface area contributed by atoms with Crippen molar-refractivity contribution < 1.29 is 18.0 Å². The standard InChI is InChI=1S/C21H19F3N4O.ClH/c22-21(23,24)16-10-18(12-25-11-16)28-7-5-17(13-28)27-20(29)9-14-3-4-15-2-1-6-26-19(15)8-14;/h1-4,6,8,10-12,17H,5,7,9,13H2,(H,27,29);1H. The lowest BCUT2D eigenvalue weighted by Gasteiger charge is -2.20. The fourth-order valence-corrected chi connectivity index (χ4v) is 3.55. The van der Waals surface area contributed by atoms with E-state index in [0.29, 0.717) is 25.2 Å². The van der Waals surface area contributed by atoms with Gasteiger partial charge < -0.3 is 10.2 Å². The third-order valence-corrected chi connectivity index (χ3v) is 5.00. The number of amides is 1. The van der Waals surface area contributed by atoms with Gasteiger partial charge in [0.05, 0.1) is 29.4 Å². The molecule has 1 aliphatic rings. The van der Waals surface area contributed by atoms with Crippen LogP contribution >= 0.6 is 12.4 Å². The van der Waals surface area contributed by atoms with Crippen LogP contribution in [-0.4, -0.2) is 35.0 Å². The second-order valence-electron chi connectivity index (χ2n) is 7.14. The number of carbonyl (C=O) groups is 1. The summed E-state index contributed by atoms with van der Waals surface area (Å²) in [6, 6.07) is 10.5. The van der Waals surface area contributed by atoms with Crippen LogP contribution in [-0.2, 0) is 17.4 Å². The van der Waals surface area contributed by atoms with Gasteiger partial charge in [0.25, 0.3) is 0 Å². The SMILES string of the molecule is Cl.O=C(Cc1ccc2cccnc2c1)NC1CCN(c2cncc(C(F)(F)F)c2)C1. The largest absolute Gasteiger partial charge is 0.417 e. The Morgan fingerprint density at radius 3 is 2.83 bits per heavy atom. The fraction of sp³-hybridized carbons (Fsp3) is 0.286. The predicted octanol–water partition coefficient (Wildman–Crippen LogP) is 4.01. The van der Waals surface area contributed by atoms with Crippen LogP contribution in [0.2, 0.25) is 0 Å². The third kappa shape index (κ3) is 4.99. The highest BCUT2D eigenvalue weighted by molar-refractivity contribution is 5.85. The van der Waals surface area contributed by atoms with E-state index in [1.54, 1.807) is 6.20 Å². The predicted molar refractivity (Wildman–Crippen MR) is 111 cm³/mol. The lowest BCUT2D eigenvalue weighted by atomic mass is 10.1. The summed E-state index contributed by atoms with van der Waals surface area (Å²) in [5.41, 5.74) is 1.34. The fourth-order valence-electron chi connectivity index (χ4n) is 3.55. The molecule has 1 amide bonds. The van der Waals surface area contributed by atoms with Crippen molar-refractivity contribution in [3.05, 3.63) is 66.1 Å². The Labute approximate surface area is 177 Å². The van der Waals surface area contributed by atoms with Crippen molar-refractivity contribution >= 4 is 34.9 Å². The molecule has 3 aromatic rings. The minimum Gasteiger partial charge on any atom is -0.368 e. The number of anilines is 1. The molecule has 0 radical (unpaired) electrons. The molecule has 1 unspecified atom stereocenters. The molecule has 2 aromatic heterocycles. The first kappa shape index (κ1) is 21.8. The molecule has 3 heterocycles. The molecule has 1 saturated heterocycles. The third-order valence-electron chi connectivity index (χ3n) is 5.00. The maximum Gasteiger partial charge on any atom is 0.417 e. The maximum atomic E-state index is 12.9. The van der Waals surface area contributed by atoms with Gasteiger partial charge in [-0.15, -0.1) is 12.4 Å². The van der Waals surface area contributed by atoms with Crippen LogP contribution < -0.4 is 10.2 Å². The second-order valence-corrected chi connectivity index (χ2v) is 7.14. The number of fused-ring (bicyclic) bond motifs is 1. The Kier molecular flexibility index (Phi) is 6.45. The Morgan fingerprint density at radius 2 is 2.03 bits per heavy atom. The summed E-state index contributed by atoms with van der Waals surface area (Å²) in [7, 11) is 0. The number of nitrogens with one attached hydrogen (secondary N) is 1. The minimum absolute atomic E-state index is 0. The van der Waals surface area contributed by atoms with Crippen LogP contribution in [0.4, 0.5) is 18.9 Å². The first-order valence-corrected chi connectivity index (χ1v) is 9.29. The summed E-state index contributed by atoms with van der Waals surface area (Å²) in [5.74, 6) is -0.116. The van der Waals surface area contributed by atoms with Gasteiger partial charge in [0.2, 0.25) is 5.91 Å². The highest BCUT2D eigenvalue weighted by atomic mass is 35.5. The van der Waals surface area contributed by atoms with Crippen molar-refractivity contribution in [3.63, 3.8) is 0 Å². The summed E-state index contributed by atoms with van der Waals surface area (Å²) >= 11 is 0. The van der Waals surface area contributed by atoms with E-state index in [4.69, 9.17) is 0 Å². The maximum absolute atomic E-state index is 12.9. The smallest absolute Gasteiger partial charge is 0.368 e. The summed E-state index contributed by atoms with van der Waals surface area (Å²) in [6.07, 6.45) is 0.418. The zero-order valence-electron chi connectivity index (χ0n) is 15.9. The normalized spacial score (nSPS) is 16.4. The number of hydrogen-bond acceptors (Lipinski definition) is 4. The molecule has 1 aromatic carbocycles. The molecule has 30 heavy (non-hydrogen) atoms. The Bertz CT molecular complexity index is 1040. The molecular weight excluding hydrogens is 417 g/mol. The van der Waals surface area contributed by atoms with Crippen molar-refractivity contribution in [2.45, 2.75) is 25.1 Å². The Morgan fingerprint density at radius 1 is 1.20 bits per heavy atom. The zero-order valence-corrected chi connectivity index (χ0v) is 16.7. The molecule has 1 aliphatic heterocycles. The number of halogens is 4. The number of aromatic nitrogens is 2. The van der Waals surface area contributed by atoms with Crippen LogP contribution in [0.5, 0.6) is 0 Å². The quantitative estimate of drug-likeness (QED) is 0.671. The number of pyridine rings is 2. The van der Waals surface area contributed by atoms with Gasteiger partial charge in [-0.05, 0) is 30.2 Å². The topological polar surface area (TPSA) is 58.1 Å². The second kappa shape index (κ2) is 8.87. The molecule has 1 fully saturated rings. The number of benzene rings is 1. The van der Waals surface area contributed by atoms with E-state index in [2.05, 4.69) is 15.3 Å². The highest BCUT2D eigenvalue weighted by Crippen LogP contribution is 2.31. The molecule has 158 valence electrons. The van der Waals surface area contributed by atoms with Gasteiger partial charge in [0.1, 0.15) is 0 Å². The number of carbonyl (C=O) groups excluding carboxylic acids is 1. The number of rotatable bonds is 4. The molecule has 1 N–H and O–H groups in total. The monoisotopic (exact) mass is 436 g/mol. The number of hydrogen-bond donors (Lipinski definition) is 1. The Hall–Kier alpha value is -2.87. The molecule has 4 rings (SSSR count). The molecule has 0 saturated carbocycles. The van der Waals surface area contributed by atoms with E-state index in [0.717, 1.165) is 28.7 Å². The van der Waals surface area contributed by atoms with E-state index in [9.17, 15) is 18.0 Å². The van der Waals surface area contributed by atoms with Crippen LogP contribution in [0.3, 0.4) is 0 Å². The van der Waals surface area contributed by atoms with Crippen LogP contribution in [0.25, 0.3) is 10.9 Å². The molecule has 0 bridgehead atoms. The minimum atomic E-state index is -4.43. The molecular formula is C21H20ClF3N4O. The molecule has 9 heteroatoms. The van der Waals surface area contributed by atoms with Crippen molar-refractivity contribution in [1.82, 2.24) is 15.3 Å². The number of alkyl halides is 3. The van der Waals surface area contributed by atoms with Crippen molar-refractivity contribution in [2.24, 2.45) is 0 Å². The summed E-state index contributed by atoms with van der Waals surface area (Å²) in [4.78, 5) is 22.2. The van der Waals surface area contributed by atoms with Crippen molar-refractivity contribution in [2.75, 3.05) is 18.0 Å². The first-order valence-electron chi connectivity index (χ1n) is 9.29. The average molecular weight is 437 g/mol. The Balaban J connectivity index is 0.00000256. The van der Waals surface area contributed by atoms with Crippen LogP contribution in [0, 0.1) is 0 Å². The molecule has 0 aliphatic carbocycles. The van der Waals surface area contributed by atoms with Gasteiger partial charge in [-0.2, -0.15) is 13.2 Å². The molecule has 0 spiro atoms. The summed E-state index contributed by atoms with van der Waals surface area (Å²) in [6.45, 7) is 1.02. The molecule has 1 atom stereocenters. The highest BCUT2D eigenvalue weighted by Gasteiger charge is 2.32. The number of nitrogens with zero attached hydrogens (tertiary/aromatic N) is 3. The summed E-state index contributed by atoms with van der Waals surface area (Å²) < 4.78 is 38.7. The van der Waals surface area contributed by atoms with Gasteiger partial charge in [0, 0.05) is 36.9 Å². The lowest BCUT2D eigenvalue weighted by Crippen LogP contribution is -2.38. The molecule has 5 nitrogen and oxygen atoms in total. The average Bonchev–Trinajstić information content (AvgIpc) is 3.15. The van der Waals surface area contributed by atoms with E-state index >= 15 is 0 Å². The zero-order chi connectivity index (χ0) is 20.4. The van der Waals surface area contributed by atoms with Gasteiger partial charge in [-0.25, -0.2) is 0 Å². The van der Waals surface area contributed by atoms with Crippen LogP contribution in [0.1, 0.15) is 17.5 Å².